The van der Waals surface area contributed by atoms with Crippen LogP contribution in [0.15, 0.2) is 28.9 Å². The lowest BCUT2D eigenvalue weighted by Gasteiger charge is -2.31. The van der Waals surface area contributed by atoms with Crippen LogP contribution in [-0.4, -0.2) is 28.9 Å². The van der Waals surface area contributed by atoms with Crippen molar-refractivity contribution in [3.05, 3.63) is 34.4 Å². The second-order valence-corrected chi connectivity index (χ2v) is 6.22. The Morgan fingerprint density at radius 1 is 1.47 bits per heavy atom. The van der Waals surface area contributed by atoms with E-state index in [2.05, 4.69) is 27.8 Å². The number of nitrogens with zero attached hydrogens (tertiary/aromatic N) is 1. The zero-order chi connectivity index (χ0) is 13.4. The van der Waals surface area contributed by atoms with E-state index in [0.29, 0.717) is 5.92 Å². The molecule has 1 aliphatic heterocycles. The monoisotopic (exact) mass is 320 g/mol. The molecule has 3 nitrogen and oxygen atoms in total. The van der Waals surface area contributed by atoms with E-state index in [4.69, 9.17) is 0 Å². The molecule has 1 aromatic carbocycles. The van der Waals surface area contributed by atoms with Crippen LogP contribution in [0.2, 0.25) is 0 Å². The number of aromatic nitrogens is 1. The summed E-state index contributed by atoms with van der Waals surface area (Å²) in [5.74, 6) is 0.749. The van der Waals surface area contributed by atoms with Crippen molar-refractivity contribution < 1.29 is 4.79 Å². The van der Waals surface area contributed by atoms with Crippen molar-refractivity contribution >= 4 is 32.7 Å². The largest absolute Gasteiger partial charge is 0.359 e. The van der Waals surface area contributed by atoms with Crippen molar-refractivity contribution in [3.63, 3.8) is 0 Å². The molecule has 100 valence electrons. The molecular formula is C15H17BrN2O. The maximum absolute atomic E-state index is 12.7. The van der Waals surface area contributed by atoms with E-state index in [1.807, 2.05) is 29.3 Å². The molecule has 3 rings (SSSR count). The highest BCUT2D eigenvalue weighted by Crippen LogP contribution is 2.27. The Balaban J connectivity index is 1.97. The third-order valence-corrected chi connectivity index (χ3v) is 4.50. The van der Waals surface area contributed by atoms with E-state index in [1.54, 1.807) is 0 Å². The summed E-state index contributed by atoms with van der Waals surface area (Å²) in [4.78, 5) is 17.8. The molecular weight excluding hydrogens is 304 g/mol. The number of fused-ring (bicyclic) bond motifs is 1. The molecule has 1 amide bonds. The number of H-pyrrole nitrogens is 1. The lowest BCUT2D eigenvalue weighted by atomic mass is 9.99. The van der Waals surface area contributed by atoms with Crippen LogP contribution in [0.3, 0.4) is 0 Å². The highest BCUT2D eigenvalue weighted by molar-refractivity contribution is 9.10. The first-order valence-corrected chi connectivity index (χ1v) is 7.51. The van der Waals surface area contributed by atoms with Gasteiger partial charge >= 0.3 is 0 Å². The number of carbonyl (C=O) groups excluding carboxylic acids is 1. The van der Waals surface area contributed by atoms with Gasteiger partial charge in [-0.25, -0.2) is 0 Å². The third-order valence-electron chi connectivity index (χ3n) is 3.84. The zero-order valence-corrected chi connectivity index (χ0v) is 12.5. The van der Waals surface area contributed by atoms with Crippen LogP contribution in [0.1, 0.15) is 30.1 Å². The molecule has 2 heterocycles. The molecule has 0 spiro atoms. The van der Waals surface area contributed by atoms with E-state index in [9.17, 15) is 4.79 Å². The summed E-state index contributed by atoms with van der Waals surface area (Å²) < 4.78 is 1.00. The molecule has 19 heavy (non-hydrogen) atoms. The molecule has 0 saturated carbocycles. The van der Waals surface area contributed by atoms with Crippen molar-refractivity contribution in [2.24, 2.45) is 5.92 Å². The van der Waals surface area contributed by atoms with Crippen molar-refractivity contribution in [1.29, 1.82) is 0 Å². The second-order valence-electron chi connectivity index (χ2n) is 5.36. The Hall–Kier alpha value is -1.29. The van der Waals surface area contributed by atoms with Crippen LogP contribution in [-0.2, 0) is 0 Å². The molecule has 1 unspecified atom stereocenters. The Morgan fingerprint density at radius 3 is 3.11 bits per heavy atom. The topological polar surface area (TPSA) is 36.1 Å². The Bertz CT molecular complexity index is 620. The molecule has 0 bridgehead atoms. The van der Waals surface area contributed by atoms with Crippen LogP contribution in [0.25, 0.3) is 10.9 Å². The summed E-state index contributed by atoms with van der Waals surface area (Å²) in [6, 6.07) is 5.87. The molecule has 2 aromatic rings. The van der Waals surface area contributed by atoms with Crippen molar-refractivity contribution in [2.75, 3.05) is 13.1 Å². The molecule has 1 saturated heterocycles. The predicted molar refractivity (Wildman–Crippen MR) is 80.3 cm³/mol. The smallest absolute Gasteiger partial charge is 0.255 e. The molecule has 0 radical (unpaired) electrons. The Kier molecular flexibility index (Phi) is 3.35. The number of benzene rings is 1. The molecule has 4 heteroatoms. The van der Waals surface area contributed by atoms with Crippen LogP contribution in [0.4, 0.5) is 0 Å². The normalized spacial score (nSPS) is 19.9. The molecule has 1 aliphatic rings. The molecule has 1 N–H and O–H groups in total. The van der Waals surface area contributed by atoms with Crippen LogP contribution >= 0.6 is 15.9 Å². The summed E-state index contributed by atoms with van der Waals surface area (Å²) in [5.41, 5.74) is 1.70. The van der Waals surface area contributed by atoms with Crippen molar-refractivity contribution in [2.45, 2.75) is 19.8 Å². The molecule has 1 fully saturated rings. The number of carbonyl (C=O) groups is 1. The number of amides is 1. The standard InChI is InChI=1S/C15H17BrN2O/c1-10-4-3-7-18(9-10)15(19)12-6-2-5-11-13(16)8-17-14(11)12/h2,5-6,8,10,17H,3-4,7,9H2,1H3. The van der Waals surface area contributed by atoms with Gasteiger partial charge in [-0.05, 0) is 40.8 Å². The quantitative estimate of drug-likeness (QED) is 0.852. The van der Waals surface area contributed by atoms with Gasteiger partial charge in [-0.15, -0.1) is 0 Å². The van der Waals surface area contributed by atoms with Gasteiger partial charge in [0.15, 0.2) is 0 Å². The maximum Gasteiger partial charge on any atom is 0.255 e. The summed E-state index contributed by atoms with van der Waals surface area (Å²) in [6.45, 7) is 3.96. The van der Waals surface area contributed by atoms with Gasteiger partial charge in [-0.2, -0.15) is 0 Å². The minimum Gasteiger partial charge on any atom is -0.359 e. The van der Waals surface area contributed by atoms with E-state index in [-0.39, 0.29) is 5.91 Å². The first kappa shape index (κ1) is 12.7. The Morgan fingerprint density at radius 2 is 2.32 bits per heavy atom. The summed E-state index contributed by atoms with van der Waals surface area (Å²) in [5, 5.41) is 1.07. The van der Waals surface area contributed by atoms with Gasteiger partial charge < -0.3 is 9.88 Å². The number of rotatable bonds is 1. The summed E-state index contributed by atoms with van der Waals surface area (Å²) >= 11 is 3.50. The molecule has 0 aliphatic carbocycles. The number of hydrogen-bond donors (Lipinski definition) is 1. The fourth-order valence-electron chi connectivity index (χ4n) is 2.84. The maximum atomic E-state index is 12.7. The third kappa shape index (κ3) is 2.29. The van der Waals surface area contributed by atoms with Crippen LogP contribution < -0.4 is 0 Å². The number of nitrogens with one attached hydrogen (secondary N) is 1. The van der Waals surface area contributed by atoms with Gasteiger partial charge in [0.25, 0.3) is 5.91 Å². The predicted octanol–water partition coefficient (Wildman–Crippen LogP) is 3.80. The number of piperidine rings is 1. The highest BCUT2D eigenvalue weighted by Gasteiger charge is 2.23. The first-order valence-electron chi connectivity index (χ1n) is 6.71. The SMILES string of the molecule is CC1CCCN(C(=O)c2cccc3c(Br)c[nH]c23)C1. The fourth-order valence-corrected chi connectivity index (χ4v) is 3.29. The lowest BCUT2D eigenvalue weighted by Crippen LogP contribution is -2.39. The molecule has 1 aromatic heterocycles. The minimum atomic E-state index is 0.145. The van der Waals surface area contributed by atoms with Gasteiger partial charge in [0.05, 0.1) is 11.1 Å². The van der Waals surface area contributed by atoms with E-state index in [1.165, 1.54) is 6.42 Å². The van der Waals surface area contributed by atoms with Crippen molar-refractivity contribution in [3.8, 4) is 0 Å². The van der Waals surface area contributed by atoms with Gasteiger partial charge in [-0.1, -0.05) is 19.1 Å². The lowest BCUT2D eigenvalue weighted by molar-refractivity contribution is 0.0685. The first-order chi connectivity index (χ1) is 9.16. The average Bonchev–Trinajstić information content (AvgIpc) is 2.80. The summed E-state index contributed by atoms with van der Waals surface area (Å²) in [6.07, 6.45) is 4.22. The fraction of sp³-hybridized carbons (Fsp3) is 0.400. The van der Waals surface area contributed by atoms with E-state index < -0.39 is 0 Å². The van der Waals surface area contributed by atoms with Crippen LogP contribution in [0, 0.1) is 5.92 Å². The minimum absolute atomic E-state index is 0.145. The highest BCUT2D eigenvalue weighted by atomic mass is 79.9. The van der Waals surface area contributed by atoms with E-state index in [0.717, 1.165) is 40.4 Å². The van der Waals surface area contributed by atoms with Gasteiger partial charge in [-0.3, -0.25) is 4.79 Å². The number of aromatic amines is 1. The average molecular weight is 321 g/mol. The van der Waals surface area contributed by atoms with Gasteiger partial charge in [0, 0.05) is 29.1 Å². The van der Waals surface area contributed by atoms with Crippen molar-refractivity contribution in [1.82, 2.24) is 9.88 Å². The van der Waals surface area contributed by atoms with E-state index >= 15 is 0 Å². The number of likely N-dealkylation sites (tertiary alicyclic amines) is 1. The number of hydrogen-bond acceptors (Lipinski definition) is 1. The van der Waals surface area contributed by atoms with Crippen LogP contribution in [0.5, 0.6) is 0 Å². The molecule has 1 atom stereocenters. The number of halogens is 1. The van der Waals surface area contributed by atoms with Gasteiger partial charge in [0.1, 0.15) is 0 Å². The zero-order valence-electron chi connectivity index (χ0n) is 10.9. The number of para-hydroxylation sites is 1. The van der Waals surface area contributed by atoms with Gasteiger partial charge in [0.2, 0.25) is 0 Å². The second kappa shape index (κ2) is 5.00. The summed E-state index contributed by atoms with van der Waals surface area (Å²) in [7, 11) is 0. The Labute approximate surface area is 121 Å².